The Hall–Kier alpha value is -4.00. The van der Waals surface area contributed by atoms with Gasteiger partial charge in [-0.2, -0.15) is 0 Å². The van der Waals surface area contributed by atoms with E-state index in [2.05, 4.69) is 15.6 Å². The van der Waals surface area contributed by atoms with Crippen LogP contribution in [0.5, 0.6) is 23.0 Å². The van der Waals surface area contributed by atoms with Crippen molar-refractivity contribution in [2.24, 2.45) is 0 Å². The number of carbonyl (C=O) groups excluding carboxylic acids is 1. The van der Waals surface area contributed by atoms with Crippen molar-refractivity contribution in [2.75, 3.05) is 26.1 Å². The van der Waals surface area contributed by atoms with Gasteiger partial charge in [-0.15, -0.1) is 0 Å². The predicted octanol–water partition coefficient (Wildman–Crippen LogP) is 5.73. The highest BCUT2D eigenvalue weighted by molar-refractivity contribution is 6.02. The van der Waals surface area contributed by atoms with Crippen molar-refractivity contribution in [2.45, 2.75) is 13.3 Å². The van der Waals surface area contributed by atoms with Crippen LogP contribution < -0.4 is 24.8 Å². The van der Waals surface area contributed by atoms with Gasteiger partial charge < -0.3 is 24.8 Å². The van der Waals surface area contributed by atoms with Gasteiger partial charge in [-0.1, -0.05) is 19.1 Å². The molecule has 0 aliphatic heterocycles. The van der Waals surface area contributed by atoms with Crippen LogP contribution in [-0.2, 0) is 0 Å². The van der Waals surface area contributed by atoms with E-state index in [1.807, 2.05) is 61.5 Å². The molecule has 0 radical (unpaired) electrons. The number of ether oxygens (including phenoxy) is 3. The topological polar surface area (TPSA) is 81.7 Å². The van der Waals surface area contributed by atoms with Gasteiger partial charge in [0, 0.05) is 29.6 Å². The first-order chi connectivity index (χ1) is 15.6. The van der Waals surface area contributed by atoms with E-state index < -0.39 is 0 Å². The fourth-order valence-electron chi connectivity index (χ4n) is 3.50. The van der Waals surface area contributed by atoms with Gasteiger partial charge >= 0.3 is 6.03 Å². The second-order valence-corrected chi connectivity index (χ2v) is 7.20. The Bertz CT molecular complexity index is 1270. The Morgan fingerprint density at radius 3 is 2.53 bits per heavy atom. The fourth-order valence-corrected chi connectivity index (χ4v) is 3.50. The number of benzene rings is 3. The van der Waals surface area contributed by atoms with Crippen molar-refractivity contribution in [1.82, 2.24) is 10.3 Å². The Kier molecular flexibility index (Phi) is 6.26. The molecule has 0 saturated heterocycles. The maximum atomic E-state index is 12.1. The number of rotatable bonds is 7. The number of pyridine rings is 1. The lowest BCUT2D eigenvalue weighted by atomic mass is 10.1. The lowest BCUT2D eigenvalue weighted by Gasteiger charge is -2.13. The van der Waals surface area contributed by atoms with E-state index in [1.165, 1.54) is 0 Å². The summed E-state index contributed by atoms with van der Waals surface area (Å²) < 4.78 is 17.0. The normalized spacial score (nSPS) is 10.7. The van der Waals surface area contributed by atoms with Crippen LogP contribution in [0.3, 0.4) is 0 Å². The molecule has 4 aromatic rings. The number of anilines is 1. The molecule has 7 heteroatoms. The van der Waals surface area contributed by atoms with Gasteiger partial charge in [0.25, 0.3) is 0 Å². The summed E-state index contributed by atoms with van der Waals surface area (Å²) in [7, 11) is 3.19. The summed E-state index contributed by atoms with van der Waals surface area (Å²) in [6.45, 7) is 2.64. The van der Waals surface area contributed by atoms with Crippen LogP contribution in [0, 0.1) is 0 Å². The van der Waals surface area contributed by atoms with Crippen molar-refractivity contribution < 1.29 is 19.0 Å². The standard InChI is InChI=1S/C25H25N3O4/c1-4-11-27-25(29)28-20-7-5-6-16-13-17(8-9-18(16)20)32-22-10-12-26-21-15-24(31-3)23(30-2)14-19(21)22/h5-10,12-15H,4,11H2,1-3H3,(H2,27,28,29). The molecule has 4 rings (SSSR count). The molecule has 2 amide bonds. The number of amides is 2. The van der Waals surface area contributed by atoms with Crippen LogP contribution in [0.1, 0.15) is 13.3 Å². The van der Waals surface area contributed by atoms with E-state index in [-0.39, 0.29) is 6.03 Å². The quantitative estimate of drug-likeness (QED) is 0.391. The summed E-state index contributed by atoms with van der Waals surface area (Å²) in [6.07, 6.45) is 2.58. The van der Waals surface area contributed by atoms with Crippen molar-refractivity contribution in [1.29, 1.82) is 0 Å². The minimum absolute atomic E-state index is 0.215. The number of aromatic nitrogens is 1. The number of hydrogen-bond donors (Lipinski definition) is 2. The molecule has 0 spiro atoms. The lowest BCUT2D eigenvalue weighted by Crippen LogP contribution is -2.29. The highest BCUT2D eigenvalue weighted by Crippen LogP contribution is 2.37. The van der Waals surface area contributed by atoms with Gasteiger partial charge in [0.05, 0.1) is 25.4 Å². The van der Waals surface area contributed by atoms with E-state index in [9.17, 15) is 4.79 Å². The summed E-state index contributed by atoms with van der Waals surface area (Å²) in [5, 5.41) is 8.43. The second kappa shape index (κ2) is 9.43. The molecule has 2 N–H and O–H groups in total. The van der Waals surface area contributed by atoms with Crippen LogP contribution in [0.2, 0.25) is 0 Å². The van der Waals surface area contributed by atoms with E-state index in [4.69, 9.17) is 14.2 Å². The molecular weight excluding hydrogens is 406 g/mol. The van der Waals surface area contributed by atoms with Gasteiger partial charge in [0.15, 0.2) is 11.5 Å². The highest BCUT2D eigenvalue weighted by Gasteiger charge is 2.12. The Labute approximate surface area is 186 Å². The minimum atomic E-state index is -0.215. The maximum absolute atomic E-state index is 12.1. The summed E-state index contributed by atoms with van der Waals surface area (Å²) in [4.78, 5) is 16.5. The third-order valence-electron chi connectivity index (χ3n) is 5.07. The number of nitrogens with one attached hydrogen (secondary N) is 2. The first kappa shape index (κ1) is 21.2. The molecule has 3 aromatic carbocycles. The van der Waals surface area contributed by atoms with Crippen LogP contribution in [0.25, 0.3) is 21.7 Å². The monoisotopic (exact) mass is 431 g/mol. The van der Waals surface area contributed by atoms with Crippen molar-refractivity contribution in [3.8, 4) is 23.0 Å². The number of hydrogen-bond acceptors (Lipinski definition) is 5. The average molecular weight is 431 g/mol. The molecule has 0 atom stereocenters. The van der Waals surface area contributed by atoms with E-state index in [1.54, 1.807) is 20.4 Å². The third-order valence-corrected chi connectivity index (χ3v) is 5.07. The summed E-state index contributed by atoms with van der Waals surface area (Å²) >= 11 is 0. The molecule has 0 fully saturated rings. The van der Waals surface area contributed by atoms with Crippen molar-refractivity contribution in [3.05, 3.63) is 60.8 Å². The van der Waals surface area contributed by atoms with E-state index in [0.717, 1.165) is 33.8 Å². The smallest absolute Gasteiger partial charge is 0.319 e. The van der Waals surface area contributed by atoms with Gasteiger partial charge in [-0.05, 0) is 48.2 Å². The summed E-state index contributed by atoms with van der Waals surface area (Å²) in [5.74, 6) is 2.54. The minimum Gasteiger partial charge on any atom is -0.493 e. The molecule has 32 heavy (non-hydrogen) atoms. The fraction of sp³-hybridized carbons (Fsp3) is 0.200. The zero-order chi connectivity index (χ0) is 22.5. The molecule has 0 bridgehead atoms. The number of fused-ring (bicyclic) bond motifs is 2. The molecule has 1 heterocycles. The number of methoxy groups -OCH3 is 2. The van der Waals surface area contributed by atoms with Gasteiger partial charge in [0.2, 0.25) is 0 Å². The highest BCUT2D eigenvalue weighted by atomic mass is 16.5. The van der Waals surface area contributed by atoms with Crippen molar-refractivity contribution in [3.63, 3.8) is 0 Å². The van der Waals surface area contributed by atoms with E-state index >= 15 is 0 Å². The molecular formula is C25H25N3O4. The average Bonchev–Trinajstić information content (AvgIpc) is 2.82. The van der Waals surface area contributed by atoms with Gasteiger partial charge in [0.1, 0.15) is 11.5 Å². The Morgan fingerprint density at radius 2 is 1.75 bits per heavy atom. The zero-order valence-corrected chi connectivity index (χ0v) is 18.3. The Balaban J connectivity index is 1.65. The predicted molar refractivity (Wildman–Crippen MR) is 126 cm³/mol. The SMILES string of the molecule is CCCNC(=O)Nc1cccc2cc(Oc3ccnc4cc(OC)c(OC)cc34)ccc12. The molecule has 1 aromatic heterocycles. The third kappa shape index (κ3) is 4.37. The maximum Gasteiger partial charge on any atom is 0.319 e. The van der Waals surface area contributed by atoms with Crippen LogP contribution >= 0.6 is 0 Å². The van der Waals surface area contributed by atoms with Gasteiger partial charge in [-0.3, -0.25) is 4.98 Å². The molecule has 0 saturated carbocycles. The van der Waals surface area contributed by atoms with Gasteiger partial charge in [-0.25, -0.2) is 4.79 Å². The molecule has 0 aliphatic rings. The number of nitrogens with zero attached hydrogens (tertiary/aromatic N) is 1. The van der Waals surface area contributed by atoms with Crippen molar-refractivity contribution >= 4 is 33.4 Å². The Morgan fingerprint density at radius 1 is 0.938 bits per heavy atom. The molecule has 164 valence electrons. The largest absolute Gasteiger partial charge is 0.493 e. The summed E-state index contributed by atoms with van der Waals surface area (Å²) in [5.41, 5.74) is 1.49. The number of carbonyl (C=O) groups is 1. The van der Waals surface area contributed by atoms with E-state index in [0.29, 0.717) is 29.5 Å². The van der Waals surface area contributed by atoms with Crippen LogP contribution in [-0.4, -0.2) is 31.8 Å². The molecule has 0 aliphatic carbocycles. The molecule has 7 nitrogen and oxygen atoms in total. The first-order valence-electron chi connectivity index (χ1n) is 10.4. The lowest BCUT2D eigenvalue weighted by molar-refractivity contribution is 0.252. The van der Waals surface area contributed by atoms with Crippen LogP contribution in [0.15, 0.2) is 60.8 Å². The number of urea groups is 1. The zero-order valence-electron chi connectivity index (χ0n) is 18.3. The first-order valence-corrected chi connectivity index (χ1v) is 10.4. The van der Waals surface area contributed by atoms with Crippen LogP contribution in [0.4, 0.5) is 10.5 Å². The summed E-state index contributed by atoms with van der Waals surface area (Å²) in [6, 6.07) is 16.8. The molecule has 0 unspecified atom stereocenters. The second-order valence-electron chi connectivity index (χ2n) is 7.20.